The standard InChI is InChI=1S/C21H21NO4S/c1-2-26-20(23)15-22-21(27(24,25)17-11-4-3-5-12-17)19-14-8-10-16-9-6-7-13-18(16)19/h3-14,21-22H,2,15H2,1H3. The van der Waals surface area contributed by atoms with Crippen LogP contribution < -0.4 is 5.32 Å². The van der Waals surface area contributed by atoms with E-state index in [-0.39, 0.29) is 18.0 Å². The molecule has 0 aliphatic carbocycles. The lowest BCUT2D eigenvalue weighted by Gasteiger charge is -2.21. The van der Waals surface area contributed by atoms with E-state index < -0.39 is 21.2 Å². The van der Waals surface area contributed by atoms with Crippen LogP contribution in [-0.2, 0) is 19.4 Å². The number of ether oxygens (including phenoxy) is 1. The summed E-state index contributed by atoms with van der Waals surface area (Å²) in [5, 5.41) is 3.57. The Hall–Kier alpha value is -2.70. The van der Waals surface area contributed by atoms with Gasteiger partial charge in [-0.05, 0) is 35.4 Å². The van der Waals surface area contributed by atoms with Crippen LogP contribution in [0.1, 0.15) is 17.9 Å². The van der Waals surface area contributed by atoms with Gasteiger partial charge in [0.25, 0.3) is 0 Å². The molecule has 0 saturated heterocycles. The molecule has 0 heterocycles. The Kier molecular flexibility index (Phi) is 5.88. The number of nitrogens with one attached hydrogen (secondary N) is 1. The molecule has 1 N–H and O–H groups in total. The van der Waals surface area contributed by atoms with Crippen molar-refractivity contribution >= 4 is 26.6 Å². The smallest absolute Gasteiger partial charge is 0.319 e. The second-order valence-electron chi connectivity index (χ2n) is 5.99. The van der Waals surface area contributed by atoms with E-state index in [1.165, 1.54) is 0 Å². The third-order valence-corrected chi connectivity index (χ3v) is 6.20. The molecule has 1 atom stereocenters. The number of esters is 1. The molecule has 0 bridgehead atoms. The average molecular weight is 383 g/mol. The Morgan fingerprint density at radius 2 is 1.63 bits per heavy atom. The number of hydrogen-bond donors (Lipinski definition) is 1. The molecule has 0 aliphatic heterocycles. The molecule has 3 aromatic rings. The Balaban J connectivity index is 2.08. The zero-order valence-electron chi connectivity index (χ0n) is 15.0. The van der Waals surface area contributed by atoms with Crippen LogP contribution in [0.25, 0.3) is 10.8 Å². The minimum atomic E-state index is -3.78. The van der Waals surface area contributed by atoms with Crippen molar-refractivity contribution in [2.24, 2.45) is 0 Å². The molecule has 0 spiro atoms. The minimum absolute atomic E-state index is 0.194. The van der Waals surface area contributed by atoms with Crippen LogP contribution in [0, 0.1) is 0 Å². The molecule has 0 aromatic heterocycles. The second-order valence-corrected chi connectivity index (χ2v) is 8.03. The molecule has 0 amide bonds. The predicted octanol–water partition coefficient (Wildman–Crippen LogP) is 3.47. The summed E-state index contributed by atoms with van der Waals surface area (Å²) in [5.74, 6) is -0.494. The van der Waals surface area contributed by atoms with Gasteiger partial charge < -0.3 is 4.74 Å². The molecule has 0 aliphatic rings. The summed E-state index contributed by atoms with van der Waals surface area (Å²) >= 11 is 0. The molecule has 6 heteroatoms. The first-order valence-electron chi connectivity index (χ1n) is 8.69. The molecule has 3 rings (SSSR count). The molecule has 5 nitrogen and oxygen atoms in total. The Morgan fingerprint density at radius 1 is 0.963 bits per heavy atom. The van der Waals surface area contributed by atoms with Crippen molar-refractivity contribution in [1.29, 1.82) is 0 Å². The first-order chi connectivity index (χ1) is 13.0. The maximum Gasteiger partial charge on any atom is 0.319 e. The monoisotopic (exact) mass is 383 g/mol. The lowest BCUT2D eigenvalue weighted by atomic mass is 10.0. The highest BCUT2D eigenvalue weighted by Crippen LogP contribution is 2.31. The van der Waals surface area contributed by atoms with Crippen LogP contribution in [0.4, 0.5) is 0 Å². The van der Waals surface area contributed by atoms with Crippen LogP contribution in [-0.4, -0.2) is 27.5 Å². The number of benzene rings is 3. The van der Waals surface area contributed by atoms with E-state index in [2.05, 4.69) is 5.32 Å². The summed E-state index contributed by atoms with van der Waals surface area (Å²) in [6.45, 7) is 1.75. The molecule has 27 heavy (non-hydrogen) atoms. The number of hydrogen-bond acceptors (Lipinski definition) is 5. The SMILES string of the molecule is CCOC(=O)CNC(c1cccc2ccccc12)S(=O)(=O)c1ccccc1. The summed E-state index contributed by atoms with van der Waals surface area (Å²) in [5.41, 5.74) is 0.598. The van der Waals surface area contributed by atoms with E-state index in [4.69, 9.17) is 4.74 Å². The van der Waals surface area contributed by atoms with Gasteiger partial charge in [0.05, 0.1) is 18.0 Å². The van der Waals surface area contributed by atoms with E-state index in [0.29, 0.717) is 5.56 Å². The topological polar surface area (TPSA) is 72.5 Å². The zero-order valence-corrected chi connectivity index (χ0v) is 15.8. The number of fused-ring (bicyclic) bond motifs is 1. The van der Waals surface area contributed by atoms with E-state index in [1.807, 2.05) is 36.4 Å². The fourth-order valence-electron chi connectivity index (χ4n) is 3.00. The summed E-state index contributed by atoms with van der Waals surface area (Å²) in [4.78, 5) is 12.0. The van der Waals surface area contributed by atoms with Gasteiger partial charge in [0.1, 0.15) is 5.37 Å². The van der Waals surface area contributed by atoms with Crippen LogP contribution in [0.15, 0.2) is 77.7 Å². The van der Waals surface area contributed by atoms with E-state index in [1.54, 1.807) is 43.3 Å². The van der Waals surface area contributed by atoms with E-state index >= 15 is 0 Å². The molecule has 0 radical (unpaired) electrons. The molecule has 0 saturated carbocycles. The Labute approximate surface area is 158 Å². The van der Waals surface area contributed by atoms with Crippen molar-refractivity contribution in [3.63, 3.8) is 0 Å². The third kappa shape index (κ3) is 4.18. The quantitative estimate of drug-likeness (QED) is 0.633. The van der Waals surface area contributed by atoms with Crippen molar-refractivity contribution in [3.05, 3.63) is 78.4 Å². The maximum atomic E-state index is 13.3. The first-order valence-corrected chi connectivity index (χ1v) is 10.2. The molecule has 3 aromatic carbocycles. The van der Waals surface area contributed by atoms with Gasteiger partial charge in [0.2, 0.25) is 0 Å². The van der Waals surface area contributed by atoms with Gasteiger partial charge in [0.15, 0.2) is 9.84 Å². The summed E-state index contributed by atoms with van der Waals surface area (Å²) in [6, 6.07) is 21.3. The second kappa shape index (κ2) is 8.33. The fourth-order valence-corrected chi connectivity index (χ4v) is 4.65. The first kappa shape index (κ1) is 19.1. The highest BCUT2D eigenvalue weighted by Gasteiger charge is 2.30. The minimum Gasteiger partial charge on any atom is -0.465 e. The lowest BCUT2D eigenvalue weighted by Crippen LogP contribution is -2.34. The third-order valence-electron chi connectivity index (χ3n) is 4.22. The average Bonchev–Trinajstić information content (AvgIpc) is 2.69. The van der Waals surface area contributed by atoms with Gasteiger partial charge in [-0.2, -0.15) is 0 Å². The van der Waals surface area contributed by atoms with Gasteiger partial charge in [-0.3, -0.25) is 10.1 Å². The molecule has 0 fully saturated rings. The number of rotatable bonds is 7. The highest BCUT2D eigenvalue weighted by molar-refractivity contribution is 7.91. The van der Waals surface area contributed by atoms with Crippen LogP contribution >= 0.6 is 0 Å². The van der Waals surface area contributed by atoms with Crippen LogP contribution in [0.5, 0.6) is 0 Å². The van der Waals surface area contributed by atoms with Crippen molar-refractivity contribution in [3.8, 4) is 0 Å². The van der Waals surface area contributed by atoms with Gasteiger partial charge in [-0.1, -0.05) is 60.7 Å². The molecular weight excluding hydrogens is 362 g/mol. The number of carbonyl (C=O) groups excluding carboxylic acids is 1. The molecule has 1 unspecified atom stereocenters. The van der Waals surface area contributed by atoms with Crippen molar-refractivity contribution in [2.45, 2.75) is 17.2 Å². The van der Waals surface area contributed by atoms with E-state index in [9.17, 15) is 13.2 Å². The lowest BCUT2D eigenvalue weighted by molar-refractivity contribution is -0.142. The number of carbonyl (C=O) groups is 1. The van der Waals surface area contributed by atoms with E-state index in [0.717, 1.165) is 10.8 Å². The highest BCUT2D eigenvalue weighted by atomic mass is 32.2. The van der Waals surface area contributed by atoms with Crippen LogP contribution in [0.3, 0.4) is 0 Å². The van der Waals surface area contributed by atoms with Gasteiger partial charge >= 0.3 is 5.97 Å². The fraction of sp³-hybridized carbons (Fsp3) is 0.190. The van der Waals surface area contributed by atoms with Gasteiger partial charge in [0, 0.05) is 0 Å². The largest absolute Gasteiger partial charge is 0.465 e. The number of sulfone groups is 1. The predicted molar refractivity (Wildman–Crippen MR) is 105 cm³/mol. The Bertz CT molecular complexity index is 1030. The van der Waals surface area contributed by atoms with Gasteiger partial charge in [-0.25, -0.2) is 8.42 Å². The summed E-state index contributed by atoms with van der Waals surface area (Å²) in [6.07, 6.45) is 0. The molecular formula is C21H21NO4S. The van der Waals surface area contributed by atoms with Crippen molar-refractivity contribution in [2.75, 3.05) is 13.2 Å². The van der Waals surface area contributed by atoms with Gasteiger partial charge in [-0.15, -0.1) is 0 Å². The summed E-state index contributed by atoms with van der Waals surface area (Å²) < 4.78 is 31.6. The Morgan fingerprint density at radius 3 is 2.37 bits per heavy atom. The zero-order chi connectivity index (χ0) is 19.3. The summed E-state index contributed by atoms with van der Waals surface area (Å²) in [7, 11) is -3.78. The van der Waals surface area contributed by atoms with Crippen LogP contribution in [0.2, 0.25) is 0 Å². The molecule has 140 valence electrons. The van der Waals surface area contributed by atoms with Crippen molar-refractivity contribution in [1.82, 2.24) is 5.32 Å². The maximum absolute atomic E-state index is 13.3. The normalized spacial score (nSPS) is 12.6. The van der Waals surface area contributed by atoms with Crippen molar-refractivity contribution < 1.29 is 17.9 Å².